The van der Waals surface area contributed by atoms with E-state index >= 15 is 0 Å². The summed E-state index contributed by atoms with van der Waals surface area (Å²) in [6.07, 6.45) is 0. The summed E-state index contributed by atoms with van der Waals surface area (Å²) in [5, 5.41) is 8.19. The third-order valence-electron chi connectivity index (χ3n) is 3.99. The monoisotopic (exact) mass is 413 g/mol. The van der Waals surface area contributed by atoms with E-state index in [0.29, 0.717) is 10.6 Å². The van der Waals surface area contributed by atoms with E-state index in [1.54, 1.807) is 37.1 Å². The van der Waals surface area contributed by atoms with Gasteiger partial charge in [0.15, 0.2) is 0 Å². The molecule has 146 valence electrons. The number of sulfonamides is 1. The van der Waals surface area contributed by atoms with E-state index in [9.17, 15) is 17.6 Å². The van der Waals surface area contributed by atoms with Crippen molar-refractivity contribution in [3.63, 3.8) is 0 Å². The molecule has 0 aliphatic carbocycles. The lowest BCUT2D eigenvalue weighted by molar-refractivity contribution is -0.122. The maximum absolute atomic E-state index is 13.8. The van der Waals surface area contributed by atoms with Crippen LogP contribution in [0.15, 0.2) is 47.4 Å². The number of amides is 1. The molecule has 6 nitrogen and oxygen atoms in total. The zero-order valence-corrected chi connectivity index (χ0v) is 16.5. The van der Waals surface area contributed by atoms with E-state index < -0.39 is 15.8 Å². The number of primary sulfonamides is 1. The smallest absolute Gasteiger partial charge is 0.238 e. The van der Waals surface area contributed by atoms with Crippen molar-refractivity contribution in [3.8, 4) is 0 Å². The van der Waals surface area contributed by atoms with Crippen LogP contribution >= 0.6 is 11.6 Å². The van der Waals surface area contributed by atoms with Gasteiger partial charge in [-0.2, -0.15) is 0 Å². The van der Waals surface area contributed by atoms with Crippen LogP contribution in [0.25, 0.3) is 0 Å². The molecule has 2 rings (SSSR count). The number of benzene rings is 2. The average molecular weight is 414 g/mol. The SMILES string of the molecule is C[C@@H](NC(=O)CN(C)Cc1c(F)cccc1Cl)c1ccc(S(N)(=O)=O)cc1. The highest BCUT2D eigenvalue weighted by Crippen LogP contribution is 2.20. The first-order valence-corrected chi connectivity index (χ1v) is 10.0. The first-order valence-electron chi connectivity index (χ1n) is 8.11. The number of likely N-dealkylation sites (N-methyl/N-ethyl adjacent to an activating group) is 1. The van der Waals surface area contributed by atoms with Gasteiger partial charge in [0.2, 0.25) is 15.9 Å². The lowest BCUT2D eigenvalue weighted by atomic mass is 10.1. The van der Waals surface area contributed by atoms with Gasteiger partial charge in [0.25, 0.3) is 0 Å². The Morgan fingerprint density at radius 3 is 2.44 bits per heavy atom. The third kappa shape index (κ3) is 6.00. The highest BCUT2D eigenvalue weighted by Gasteiger charge is 2.15. The van der Waals surface area contributed by atoms with Crippen LogP contribution in [-0.4, -0.2) is 32.8 Å². The molecule has 2 aromatic rings. The van der Waals surface area contributed by atoms with Crippen LogP contribution in [-0.2, 0) is 21.4 Å². The van der Waals surface area contributed by atoms with Gasteiger partial charge in [0.1, 0.15) is 5.82 Å². The number of rotatable bonds is 7. The summed E-state index contributed by atoms with van der Waals surface area (Å²) in [5.41, 5.74) is 1.07. The van der Waals surface area contributed by atoms with Crippen LogP contribution in [0.5, 0.6) is 0 Å². The minimum Gasteiger partial charge on any atom is -0.348 e. The molecule has 1 amide bonds. The van der Waals surface area contributed by atoms with Crippen LogP contribution in [0.3, 0.4) is 0 Å². The minimum absolute atomic E-state index is 0.00581. The van der Waals surface area contributed by atoms with Gasteiger partial charge in [-0.3, -0.25) is 9.69 Å². The van der Waals surface area contributed by atoms with E-state index in [-0.39, 0.29) is 29.9 Å². The van der Waals surface area contributed by atoms with Crippen molar-refractivity contribution in [3.05, 3.63) is 64.4 Å². The Hall–Kier alpha value is -2.00. The number of carbonyl (C=O) groups excluding carboxylic acids is 1. The van der Waals surface area contributed by atoms with Gasteiger partial charge in [-0.25, -0.2) is 17.9 Å². The van der Waals surface area contributed by atoms with Crippen LogP contribution in [0.2, 0.25) is 5.02 Å². The summed E-state index contributed by atoms with van der Waals surface area (Å²) in [7, 11) is -2.07. The molecular formula is C18H21ClFN3O3S. The van der Waals surface area contributed by atoms with Gasteiger partial charge in [-0.15, -0.1) is 0 Å². The van der Waals surface area contributed by atoms with Gasteiger partial charge in [0, 0.05) is 17.1 Å². The summed E-state index contributed by atoms with van der Waals surface area (Å²) in [6, 6.07) is 10.1. The maximum Gasteiger partial charge on any atom is 0.238 e. The molecule has 0 saturated carbocycles. The Labute approximate surface area is 163 Å². The van der Waals surface area contributed by atoms with Crippen molar-refractivity contribution >= 4 is 27.5 Å². The molecule has 0 radical (unpaired) electrons. The fraction of sp³-hybridized carbons (Fsp3) is 0.278. The molecule has 0 heterocycles. The quantitative estimate of drug-likeness (QED) is 0.729. The molecule has 0 aliphatic rings. The molecule has 0 bridgehead atoms. The van der Waals surface area contributed by atoms with E-state index in [4.69, 9.17) is 16.7 Å². The number of nitrogens with two attached hydrogens (primary N) is 1. The lowest BCUT2D eigenvalue weighted by Gasteiger charge is -2.20. The predicted octanol–water partition coefficient (Wildman–Crippen LogP) is 2.44. The third-order valence-corrected chi connectivity index (χ3v) is 5.27. The van der Waals surface area contributed by atoms with Gasteiger partial charge in [0.05, 0.1) is 17.5 Å². The van der Waals surface area contributed by atoms with Crippen molar-refractivity contribution in [2.45, 2.75) is 24.4 Å². The number of hydrogen-bond acceptors (Lipinski definition) is 4. The molecule has 27 heavy (non-hydrogen) atoms. The highest BCUT2D eigenvalue weighted by molar-refractivity contribution is 7.89. The Morgan fingerprint density at radius 1 is 1.26 bits per heavy atom. The summed E-state index contributed by atoms with van der Waals surface area (Å²) in [5.74, 6) is -0.675. The Balaban J connectivity index is 1.94. The standard InChI is InChI=1S/C18H21ClFN3O3S/c1-12(13-6-8-14(9-7-13)27(21,25)26)22-18(24)11-23(2)10-15-16(19)4-3-5-17(15)20/h3-9,12H,10-11H2,1-2H3,(H,22,24)(H2,21,25,26)/t12-/m1/s1. The maximum atomic E-state index is 13.8. The molecule has 0 fully saturated rings. The Bertz CT molecular complexity index is 900. The number of nitrogens with zero attached hydrogens (tertiary/aromatic N) is 1. The summed E-state index contributed by atoms with van der Waals surface area (Å²) in [6.45, 7) is 2.01. The van der Waals surface area contributed by atoms with Crippen molar-refractivity contribution in [2.75, 3.05) is 13.6 Å². The molecule has 0 aliphatic heterocycles. The molecule has 0 aromatic heterocycles. The largest absolute Gasteiger partial charge is 0.348 e. The van der Waals surface area contributed by atoms with Crippen LogP contribution < -0.4 is 10.5 Å². The Morgan fingerprint density at radius 2 is 1.89 bits per heavy atom. The first kappa shape index (κ1) is 21.3. The molecule has 3 N–H and O–H groups in total. The average Bonchev–Trinajstić information content (AvgIpc) is 2.57. The van der Waals surface area contributed by atoms with E-state index in [1.807, 2.05) is 0 Å². The van der Waals surface area contributed by atoms with Crippen LogP contribution in [0.1, 0.15) is 24.1 Å². The summed E-state index contributed by atoms with van der Waals surface area (Å²) >= 11 is 6.00. The van der Waals surface area contributed by atoms with Gasteiger partial charge < -0.3 is 5.32 Å². The van der Waals surface area contributed by atoms with E-state index in [0.717, 1.165) is 5.56 Å². The second kappa shape index (κ2) is 8.79. The normalized spacial score (nSPS) is 12.8. The number of halogens is 2. The van der Waals surface area contributed by atoms with Gasteiger partial charge >= 0.3 is 0 Å². The molecular weight excluding hydrogens is 393 g/mol. The second-order valence-corrected chi connectivity index (χ2v) is 8.24. The van der Waals surface area contributed by atoms with E-state index in [2.05, 4.69) is 5.32 Å². The topological polar surface area (TPSA) is 92.5 Å². The van der Waals surface area contributed by atoms with Crippen LogP contribution in [0, 0.1) is 5.82 Å². The lowest BCUT2D eigenvalue weighted by Crippen LogP contribution is -2.36. The molecule has 0 spiro atoms. The minimum atomic E-state index is -3.76. The molecule has 2 aromatic carbocycles. The number of hydrogen-bond donors (Lipinski definition) is 2. The zero-order chi connectivity index (χ0) is 20.2. The highest BCUT2D eigenvalue weighted by atomic mass is 35.5. The van der Waals surface area contributed by atoms with Crippen LogP contribution in [0.4, 0.5) is 4.39 Å². The van der Waals surface area contributed by atoms with Gasteiger partial charge in [-0.05, 0) is 43.8 Å². The first-order chi connectivity index (χ1) is 12.6. The molecule has 1 atom stereocenters. The van der Waals surface area contributed by atoms with Crippen molar-refractivity contribution in [1.82, 2.24) is 10.2 Å². The zero-order valence-electron chi connectivity index (χ0n) is 14.9. The number of carbonyl (C=O) groups is 1. The summed E-state index contributed by atoms with van der Waals surface area (Å²) in [4.78, 5) is 13.9. The van der Waals surface area contributed by atoms with Crippen molar-refractivity contribution in [1.29, 1.82) is 0 Å². The van der Waals surface area contributed by atoms with Crippen molar-refractivity contribution < 1.29 is 17.6 Å². The molecule has 0 saturated heterocycles. The predicted molar refractivity (Wildman–Crippen MR) is 102 cm³/mol. The van der Waals surface area contributed by atoms with Gasteiger partial charge in [-0.1, -0.05) is 29.8 Å². The fourth-order valence-corrected chi connectivity index (χ4v) is 3.31. The number of nitrogens with one attached hydrogen (secondary N) is 1. The summed E-state index contributed by atoms with van der Waals surface area (Å²) < 4.78 is 36.4. The van der Waals surface area contributed by atoms with E-state index in [1.165, 1.54) is 24.3 Å². The molecule has 0 unspecified atom stereocenters. The molecule has 9 heteroatoms. The van der Waals surface area contributed by atoms with Crippen molar-refractivity contribution in [2.24, 2.45) is 5.14 Å². The second-order valence-electron chi connectivity index (χ2n) is 6.28. The Kier molecular flexibility index (Phi) is 6.94. The fourth-order valence-electron chi connectivity index (χ4n) is 2.57.